The largest absolute Gasteiger partial charge is 0.496 e. The molecule has 33 heavy (non-hydrogen) atoms. The number of aromatic nitrogens is 3. The molecule has 0 radical (unpaired) electrons. The summed E-state index contributed by atoms with van der Waals surface area (Å²) in [6.45, 7) is 0.284. The second kappa shape index (κ2) is 9.25. The molecule has 2 heterocycles. The lowest BCUT2D eigenvalue weighted by molar-refractivity contribution is -0.112. The van der Waals surface area contributed by atoms with Gasteiger partial charge in [0, 0.05) is 29.5 Å². The van der Waals surface area contributed by atoms with Crippen LogP contribution in [0.2, 0.25) is 0 Å². The third-order valence-corrected chi connectivity index (χ3v) is 6.50. The molecular weight excluding hydrogens is 441 g/mol. The molecule has 0 aliphatic carbocycles. The van der Waals surface area contributed by atoms with E-state index in [1.807, 2.05) is 66.2 Å². The molecule has 3 aromatic carbocycles. The van der Waals surface area contributed by atoms with Gasteiger partial charge in [-0.2, -0.15) is 0 Å². The summed E-state index contributed by atoms with van der Waals surface area (Å²) in [5.41, 5.74) is 3.23. The van der Waals surface area contributed by atoms with Crippen LogP contribution < -0.4 is 9.47 Å². The van der Waals surface area contributed by atoms with Crippen molar-refractivity contribution >= 4 is 11.8 Å². The van der Waals surface area contributed by atoms with Gasteiger partial charge in [-0.25, -0.2) is 4.39 Å². The third-order valence-electron chi connectivity index (χ3n) is 5.43. The molecule has 0 N–H and O–H groups in total. The molecule has 5 rings (SSSR count). The lowest BCUT2D eigenvalue weighted by Crippen LogP contribution is -2.19. The zero-order valence-electron chi connectivity index (χ0n) is 18.2. The number of hydrogen-bond donors (Lipinski definition) is 0. The topological polar surface area (TPSA) is 58.4 Å². The van der Waals surface area contributed by atoms with Crippen molar-refractivity contribution < 1.29 is 18.6 Å². The second-order valence-corrected chi connectivity index (χ2v) is 8.52. The van der Waals surface area contributed by atoms with Crippen LogP contribution >= 0.6 is 11.8 Å². The van der Waals surface area contributed by atoms with Crippen molar-refractivity contribution in [3.05, 3.63) is 89.2 Å². The first kappa shape index (κ1) is 21.5. The van der Waals surface area contributed by atoms with Crippen LogP contribution in [0.5, 0.6) is 11.5 Å². The van der Waals surface area contributed by atoms with Gasteiger partial charge in [-0.3, -0.25) is 0 Å². The van der Waals surface area contributed by atoms with E-state index in [9.17, 15) is 4.39 Å². The highest BCUT2D eigenvalue weighted by Crippen LogP contribution is 2.39. The van der Waals surface area contributed by atoms with Gasteiger partial charge >= 0.3 is 0 Å². The van der Waals surface area contributed by atoms with Gasteiger partial charge in [0.25, 0.3) is 0 Å². The Bertz CT molecular complexity index is 1280. The minimum atomic E-state index is -0.528. The number of rotatable bonds is 6. The molecule has 8 heteroatoms. The summed E-state index contributed by atoms with van der Waals surface area (Å²) in [5, 5.41) is 9.40. The van der Waals surface area contributed by atoms with Gasteiger partial charge in [-0.15, -0.1) is 10.2 Å². The Labute approximate surface area is 195 Å². The van der Waals surface area contributed by atoms with Crippen molar-refractivity contribution in [2.75, 3.05) is 7.11 Å². The maximum atomic E-state index is 14.3. The second-order valence-electron chi connectivity index (χ2n) is 7.58. The summed E-state index contributed by atoms with van der Waals surface area (Å²) in [7, 11) is 3.53. The number of para-hydroxylation sites is 1. The Balaban J connectivity index is 1.39. The van der Waals surface area contributed by atoms with Crippen LogP contribution in [0.25, 0.3) is 11.4 Å². The maximum Gasteiger partial charge on any atom is 0.227 e. The number of benzene rings is 3. The van der Waals surface area contributed by atoms with Crippen molar-refractivity contribution in [3.8, 4) is 22.9 Å². The number of nitrogens with zero attached hydrogens (tertiary/aromatic N) is 3. The molecule has 1 aromatic heterocycles. The van der Waals surface area contributed by atoms with Crippen LogP contribution in [-0.4, -0.2) is 21.9 Å². The van der Waals surface area contributed by atoms with E-state index in [4.69, 9.17) is 14.2 Å². The molecule has 4 aromatic rings. The molecule has 6 nitrogen and oxygen atoms in total. The van der Waals surface area contributed by atoms with Crippen LogP contribution in [0, 0.1) is 5.82 Å². The zero-order valence-corrected chi connectivity index (χ0v) is 19.0. The summed E-state index contributed by atoms with van der Waals surface area (Å²) in [4.78, 5) is 0. The van der Waals surface area contributed by atoms with Crippen LogP contribution in [-0.2, 0) is 24.1 Å². The number of fused-ring (bicyclic) bond motifs is 1. The van der Waals surface area contributed by atoms with E-state index in [0.717, 1.165) is 22.4 Å². The standard InChI is InChI=1S/C25H22FN3O3S/c1-29-23(20-10-6-7-11-21(20)30-2)27-28-25(29)33-15-18-13-19(26)12-17-14-31-24(32-22(17)18)16-8-4-3-5-9-16/h3-13,24H,14-15H2,1-2H3. The first-order valence-electron chi connectivity index (χ1n) is 10.4. The molecule has 1 aliphatic rings. The quantitative estimate of drug-likeness (QED) is 0.351. The summed E-state index contributed by atoms with van der Waals surface area (Å²) >= 11 is 1.47. The van der Waals surface area contributed by atoms with E-state index < -0.39 is 6.29 Å². The lowest BCUT2D eigenvalue weighted by atomic mass is 10.1. The normalized spacial score (nSPS) is 15.1. The summed E-state index contributed by atoms with van der Waals surface area (Å²) in [6, 6.07) is 20.4. The van der Waals surface area contributed by atoms with Crippen molar-refractivity contribution in [2.45, 2.75) is 23.8 Å². The molecule has 0 saturated heterocycles. The number of ether oxygens (including phenoxy) is 3. The van der Waals surface area contributed by atoms with Gasteiger partial charge in [0.2, 0.25) is 6.29 Å². The third kappa shape index (κ3) is 4.31. The highest BCUT2D eigenvalue weighted by atomic mass is 32.2. The van der Waals surface area contributed by atoms with Crippen molar-refractivity contribution in [2.24, 2.45) is 7.05 Å². The van der Waals surface area contributed by atoms with Crippen LogP contribution in [0.3, 0.4) is 0 Å². The number of halogens is 1. The molecule has 1 unspecified atom stereocenters. The highest BCUT2D eigenvalue weighted by Gasteiger charge is 2.25. The van der Waals surface area contributed by atoms with Crippen LogP contribution in [0.4, 0.5) is 4.39 Å². The molecule has 0 fully saturated rings. The molecule has 0 bridgehead atoms. The number of thioether (sulfide) groups is 1. The van der Waals surface area contributed by atoms with Gasteiger partial charge in [-0.05, 0) is 24.3 Å². The lowest BCUT2D eigenvalue weighted by Gasteiger charge is -2.28. The Kier molecular flexibility index (Phi) is 6.02. The maximum absolute atomic E-state index is 14.3. The van der Waals surface area contributed by atoms with Crippen LogP contribution in [0.15, 0.2) is 71.9 Å². The predicted molar refractivity (Wildman–Crippen MR) is 124 cm³/mol. The van der Waals surface area contributed by atoms with Gasteiger partial charge in [0.15, 0.2) is 11.0 Å². The van der Waals surface area contributed by atoms with E-state index >= 15 is 0 Å². The fourth-order valence-corrected chi connectivity index (χ4v) is 4.68. The summed E-state index contributed by atoms with van der Waals surface area (Å²) in [6.07, 6.45) is -0.528. The highest BCUT2D eigenvalue weighted by molar-refractivity contribution is 7.98. The SMILES string of the molecule is COc1ccccc1-c1nnc(SCc2cc(F)cc3c2OC(c2ccccc2)OC3)n1C. The predicted octanol–water partition coefficient (Wildman–Crippen LogP) is 5.53. The number of hydrogen-bond acceptors (Lipinski definition) is 6. The van der Waals surface area contributed by atoms with Crippen molar-refractivity contribution in [1.82, 2.24) is 14.8 Å². The van der Waals surface area contributed by atoms with Gasteiger partial charge in [-0.1, -0.05) is 54.2 Å². The Morgan fingerprint density at radius 2 is 1.88 bits per heavy atom. The molecule has 0 saturated carbocycles. The first-order chi connectivity index (χ1) is 16.1. The molecule has 1 aliphatic heterocycles. The van der Waals surface area contributed by atoms with Crippen molar-refractivity contribution in [1.29, 1.82) is 0 Å². The van der Waals surface area contributed by atoms with E-state index in [2.05, 4.69) is 10.2 Å². The van der Waals surface area contributed by atoms with Gasteiger partial charge < -0.3 is 18.8 Å². The Morgan fingerprint density at radius 1 is 1.09 bits per heavy atom. The van der Waals surface area contributed by atoms with E-state index in [1.54, 1.807) is 7.11 Å². The smallest absolute Gasteiger partial charge is 0.227 e. The van der Waals surface area contributed by atoms with Crippen molar-refractivity contribution in [3.63, 3.8) is 0 Å². The fourth-order valence-electron chi connectivity index (χ4n) is 3.81. The first-order valence-corrected chi connectivity index (χ1v) is 11.4. The van der Waals surface area contributed by atoms with Gasteiger partial charge in [0.1, 0.15) is 17.3 Å². The fraction of sp³-hybridized carbons (Fsp3) is 0.200. The molecular formula is C25H22FN3O3S. The zero-order chi connectivity index (χ0) is 22.8. The monoisotopic (exact) mass is 463 g/mol. The molecule has 1 atom stereocenters. The molecule has 0 amide bonds. The minimum Gasteiger partial charge on any atom is -0.496 e. The number of methoxy groups -OCH3 is 1. The Morgan fingerprint density at radius 3 is 2.70 bits per heavy atom. The van der Waals surface area contributed by atoms with Gasteiger partial charge in [0.05, 0.1) is 19.3 Å². The van der Waals surface area contributed by atoms with E-state index in [0.29, 0.717) is 28.0 Å². The van der Waals surface area contributed by atoms with Crippen LogP contribution in [0.1, 0.15) is 23.0 Å². The Hall–Kier alpha value is -3.36. The summed E-state index contributed by atoms with van der Waals surface area (Å²) in [5.74, 6) is 2.24. The average Bonchev–Trinajstić information content (AvgIpc) is 3.22. The minimum absolute atomic E-state index is 0.284. The molecule has 168 valence electrons. The average molecular weight is 464 g/mol. The van der Waals surface area contributed by atoms with E-state index in [1.165, 1.54) is 23.9 Å². The molecule has 0 spiro atoms. The summed E-state index contributed by atoms with van der Waals surface area (Å²) < 4.78 is 33.7. The van der Waals surface area contributed by atoms with E-state index in [-0.39, 0.29) is 12.4 Å².